The second-order valence-corrected chi connectivity index (χ2v) is 6.59. The van der Waals surface area contributed by atoms with Crippen molar-refractivity contribution in [2.75, 3.05) is 7.05 Å². The third kappa shape index (κ3) is 28.9. The Bertz CT molecular complexity index is 427. The number of carboxylic acids is 3. The second-order valence-electron chi connectivity index (χ2n) is 6.59. The average Bonchev–Trinajstić information content (AvgIpc) is 2.46. The van der Waals surface area contributed by atoms with Gasteiger partial charge in [-0.1, -0.05) is 13.8 Å². The summed E-state index contributed by atoms with van der Waals surface area (Å²) in [5, 5.41) is 27.1. The molecule has 0 aliphatic carbocycles. The summed E-state index contributed by atoms with van der Waals surface area (Å²) >= 11 is 0. The van der Waals surface area contributed by atoms with Crippen molar-refractivity contribution in [2.24, 2.45) is 0 Å². The summed E-state index contributed by atoms with van der Waals surface area (Å²) in [5.74, 6) is -2.75. The molecule has 1 atom stereocenters. The number of nitrogens with one attached hydrogen (secondary N) is 1. The Morgan fingerprint density at radius 1 is 0.852 bits per heavy atom. The third-order valence-electron chi connectivity index (χ3n) is 2.61. The zero-order valence-electron chi connectivity index (χ0n) is 17.2. The zero-order valence-corrected chi connectivity index (χ0v) is 17.2. The fourth-order valence-corrected chi connectivity index (χ4v) is 1.45. The summed E-state index contributed by atoms with van der Waals surface area (Å²) in [4.78, 5) is 41.1. The SMILES string of the molecule is CCCC(=O)O.CCCC(=O)O.CN[C@@H](CCC(=O)O)C(=O)OC(C)(C)C. The number of hydrogen-bond donors (Lipinski definition) is 4. The first-order valence-corrected chi connectivity index (χ1v) is 8.86. The van der Waals surface area contributed by atoms with Crippen LogP contribution in [0.15, 0.2) is 0 Å². The molecule has 0 amide bonds. The molecule has 9 heteroatoms. The lowest BCUT2D eigenvalue weighted by Crippen LogP contribution is -2.39. The van der Waals surface area contributed by atoms with E-state index in [1.54, 1.807) is 27.8 Å². The van der Waals surface area contributed by atoms with Gasteiger partial charge in [0, 0.05) is 19.3 Å². The first-order chi connectivity index (χ1) is 12.3. The number of esters is 1. The van der Waals surface area contributed by atoms with Gasteiger partial charge in [0.25, 0.3) is 0 Å². The molecule has 0 saturated carbocycles. The molecule has 0 aromatic carbocycles. The molecule has 0 spiro atoms. The van der Waals surface area contributed by atoms with Gasteiger partial charge in [-0.05, 0) is 47.1 Å². The zero-order chi connectivity index (χ0) is 22.0. The van der Waals surface area contributed by atoms with Crippen molar-refractivity contribution in [1.29, 1.82) is 0 Å². The molecule has 0 radical (unpaired) electrons. The van der Waals surface area contributed by atoms with Crippen LogP contribution in [0.5, 0.6) is 0 Å². The summed E-state index contributed by atoms with van der Waals surface area (Å²) in [7, 11) is 1.61. The number of carbonyl (C=O) groups is 4. The highest BCUT2D eigenvalue weighted by Crippen LogP contribution is 2.10. The van der Waals surface area contributed by atoms with Crippen molar-refractivity contribution >= 4 is 23.9 Å². The third-order valence-corrected chi connectivity index (χ3v) is 2.61. The fourth-order valence-electron chi connectivity index (χ4n) is 1.45. The lowest BCUT2D eigenvalue weighted by molar-refractivity contribution is -0.157. The monoisotopic (exact) mass is 393 g/mol. The van der Waals surface area contributed by atoms with Crippen molar-refractivity contribution in [3.05, 3.63) is 0 Å². The summed E-state index contributed by atoms with van der Waals surface area (Å²) < 4.78 is 5.13. The Kier molecular flexibility index (Phi) is 18.9. The molecule has 0 fully saturated rings. The minimum Gasteiger partial charge on any atom is -0.481 e. The van der Waals surface area contributed by atoms with Gasteiger partial charge in [0.1, 0.15) is 11.6 Å². The van der Waals surface area contributed by atoms with Crippen LogP contribution >= 0.6 is 0 Å². The van der Waals surface area contributed by atoms with Crippen molar-refractivity contribution in [2.45, 2.75) is 84.8 Å². The summed E-state index contributed by atoms with van der Waals surface area (Å²) in [6.07, 6.45) is 2.23. The number of rotatable bonds is 9. The number of ether oxygens (including phenoxy) is 1. The molecule has 0 aromatic heterocycles. The van der Waals surface area contributed by atoms with Crippen LogP contribution in [0.2, 0.25) is 0 Å². The predicted octanol–water partition coefficient (Wildman–Crippen LogP) is 2.52. The molecule has 0 aromatic rings. The van der Waals surface area contributed by atoms with E-state index in [1.165, 1.54) is 0 Å². The lowest BCUT2D eigenvalue weighted by Gasteiger charge is -2.23. The number of carbonyl (C=O) groups excluding carboxylic acids is 1. The molecular formula is C18H35NO8. The van der Waals surface area contributed by atoms with Gasteiger partial charge < -0.3 is 25.4 Å². The van der Waals surface area contributed by atoms with Crippen LogP contribution in [-0.4, -0.2) is 57.9 Å². The molecule has 0 rings (SSSR count). The normalized spacial score (nSPS) is 11.0. The molecule has 27 heavy (non-hydrogen) atoms. The van der Waals surface area contributed by atoms with Crippen molar-refractivity contribution in [3.8, 4) is 0 Å². The van der Waals surface area contributed by atoms with E-state index < -0.39 is 35.5 Å². The molecule has 160 valence electrons. The molecule has 0 unspecified atom stereocenters. The van der Waals surface area contributed by atoms with E-state index >= 15 is 0 Å². The van der Waals surface area contributed by atoms with Gasteiger partial charge in [-0.15, -0.1) is 0 Å². The van der Waals surface area contributed by atoms with E-state index in [4.69, 9.17) is 20.1 Å². The topological polar surface area (TPSA) is 150 Å². The average molecular weight is 393 g/mol. The highest BCUT2D eigenvalue weighted by atomic mass is 16.6. The minimum absolute atomic E-state index is 0.0508. The fraction of sp³-hybridized carbons (Fsp3) is 0.778. The van der Waals surface area contributed by atoms with E-state index in [0.29, 0.717) is 12.8 Å². The number of hydrogen-bond acceptors (Lipinski definition) is 6. The number of aliphatic carboxylic acids is 3. The van der Waals surface area contributed by atoms with E-state index in [1.807, 2.05) is 13.8 Å². The minimum atomic E-state index is -0.918. The Morgan fingerprint density at radius 3 is 1.41 bits per heavy atom. The van der Waals surface area contributed by atoms with E-state index in [0.717, 1.165) is 12.8 Å². The van der Waals surface area contributed by atoms with Crippen LogP contribution in [0.4, 0.5) is 0 Å². The quantitative estimate of drug-likeness (QED) is 0.433. The summed E-state index contributed by atoms with van der Waals surface area (Å²) in [6, 6.07) is -0.555. The van der Waals surface area contributed by atoms with Gasteiger partial charge in [0.2, 0.25) is 0 Å². The number of carboxylic acid groups (broad SMARTS) is 3. The maximum atomic E-state index is 11.5. The number of likely N-dealkylation sites (N-methyl/N-ethyl adjacent to an activating group) is 1. The molecule has 4 N–H and O–H groups in total. The van der Waals surface area contributed by atoms with E-state index in [-0.39, 0.29) is 12.8 Å². The highest BCUT2D eigenvalue weighted by Gasteiger charge is 2.24. The van der Waals surface area contributed by atoms with Crippen LogP contribution in [0, 0.1) is 0 Å². The largest absolute Gasteiger partial charge is 0.481 e. The van der Waals surface area contributed by atoms with Gasteiger partial charge in [-0.2, -0.15) is 0 Å². The first kappa shape index (κ1) is 29.6. The standard InChI is InChI=1S/C10H19NO4.2C4H8O2/c1-10(2,3)15-9(14)7(11-4)5-6-8(12)13;2*1-2-3-4(5)6/h7,11H,5-6H2,1-4H3,(H,12,13);2*2-3H2,1H3,(H,5,6)/t7-;;/m0../s1. The second kappa shape index (κ2) is 17.3. The Labute approximate surface area is 161 Å². The van der Waals surface area contributed by atoms with Crippen LogP contribution in [-0.2, 0) is 23.9 Å². The lowest BCUT2D eigenvalue weighted by atomic mass is 10.1. The van der Waals surface area contributed by atoms with Gasteiger partial charge >= 0.3 is 23.9 Å². The Balaban J connectivity index is -0.000000394. The van der Waals surface area contributed by atoms with E-state index in [9.17, 15) is 19.2 Å². The summed E-state index contributed by atoms with van der Waals surface area (Å²) in [5.41, 5.74) is -0.546. The van der Waals surface area contributed by atoms with Gasteiger partial charge in [-0.25, -0.2) is 0 Å². The Morgan fingerprint density at radius 2 is 1.22 bits per heavy atom. The van der Waals surface area contributed by atoms with Crippen molar-refractivity contribution in [3.63, 3.8) is 0 Å². The molecule has 0 aliphatic rings. The van der Waals surface area contributed by atoms with Gasteiger partial charge in [-0.3, -0.25) is 19.2 Å². The smallest absolute Gasteiger partial charge is 0.323 e. The first-order valence-electron chi connectivity index (χ1n) is 8.86. The van der Waals surface area contributed by atoms with Gasteiger partial charge in [0.15, 0.2) is 0 Å². The maximum absolute atomic E-state index is 11.5. The molecule has 0 aliphatic heterocycles. The maximum Gasteiger partial charge on any atom is 0.323 e. The Hall–Kier alpha value is -2.16. The summed E-state index contributed by atoms with van der Waals surface area (Å²) in [6.45, 7) is 9.00. The van der Waals surface area contributed by atoms with Crippen LogP contribution in [0.25, 0.3) is 0 Å². The molecule has 0 heterocycles. The predicted molar refractivity (Wildman–Crippen MR) is 101 cm³/mol. The van der Waals surface area contributed by atoms with Gasteiger partial charge in [0.05, 0.1) is 0 Å². The van der Waals surface area contributed by atoms with Crippen molar-refractivity contribution < 1.29 is 39.2 Å². The molecule has 0 saturated heterocycles. The van der Waals surface area contributed by atoms with Crippen LogP contribution in [0.3, 0.4) is 0 Å². The van der Waals surface area contributed by atoms with Crippen molar-refractivity contribution in [1.82, 2.24) is 5.32 Å². The molecule has 9 nitrogen and oxygen atoms in total. The highest BCUT2D eigenvalue weighted by molar-refractivity contribution is 5.77. The van der Waals surface area contributed by atoms with E-state index in [2.05, 4.69) is 5.32 Å². The van der Waals surface area contributed by atoms with Crippen LogP contribution < -0.4 is 5.32 Å². The van der Waals surface area contributed by atoms with Crippen LogP contribution in [0.1, 0.15) is 73.1 Å². The molecular weight excluding hydrogens is 358 g/mol. The molecule has 0 bridgehead atoms.